The molecule has 0 aliphatic heterocycles. The number of sulfonamides is 1. The van der Waals surface area contributed by atoms with Crippen LogP contribution in [0.2, 0.25) is 0 Å². The highest BCUT2D eigenvalue weighted by Gasteiger charge is 2.10. The van der Waals surface area contributed by atoms with Gasteiger partial charge in [-0.05, 0) is 42.0 Å². The van der Waals surface area contributed by atoms with Crippen molar-refractivity contribution in [2.24, 2.45) is 4.40 Å². The van der Waals surface area contributed by atoms with Crippen LogP contribution in [0.4, 0.5) is 11.4 Å². The van der Waals surface area contributed by atoms with Crippen molar-refractivity contribution < 1.29 is 8.42 Å². The first-order chi connectivity index (χ1) is 9.88. The lowest BCUT2D eigenvalue weighted by Gasteiger charge is -2.11. The summed E-state index contributed by atoms with van der Waals surface area (Å²) >= 11 is 0. The molecule has 0 fully saturated rings. The fourth-order valence-electron chi connectivity index (χ4n) is 1.69. The largest absolute Gasteiger partial charge is 0.399 e. The molecule has 0 bridgehead atoms. The maximum atomic E-state index is 12.0. The molecule has 0 radical (unpaired) electrons. The molecule has 2 aromatic rings. The topological polar surface area (TPSA) is 75.8 Å². The number of hydrogen-bond acceptors (Lipinski definition) is 4. The normalized spacial score (nSPS) is 11.7. The summed E-state index contributed by atoms with van der Waals surface area (Å²) in [5.74, 6) is 0. The molecular formula is C15H17N3O2S. The molecule has 0 heterocycles. The van der Waals surface area contributed by atoms with Crippen LogP contribution in [0.15, 0.2) is 57.8 Å². The zero-order chi connectivity index (χ0) is 15.5. The van der Waals surface area contributed by atoms with Crippen molar-refractivity contribution >= 4 is 27.6 Å². The van der Waals surface area contributed by atoms with Crippen LogP contribution in [0.25, 0.3) is 0 Å². The molecular weight excluding hydrogens is 286 g/mol. The molecule has 0 unspecified atom stereocenters. The first-order valence-corrected chi connectivity index (χ1v) is 7.76. The molecule has 0 amide bonds. The smallest absolute Gasteiger partial charge is 0.282 e. The van der Waals surface area contributed by atoms with Crippen molar-refractivity contribution in [3.63, 3.8) is 0 Å². The fourth-order valence-corrected chi connectivity index (χ4v) is 2.55. The van der Waals surface area contributed by atoms with Crippen LogP contribution in [0.1, 0.15) is 5.56 Å². The van der Waals surface area contributed by atoms with Gasteiger partial charge in [0.05, 0.1) is 4.90 Å². The van der Waals surface area contributed by atoms with Gasteiger partial charge < -0.3 is 10.6 Å². The summed E-state index contributed by atoms with van der Waals surface area (Å²) in [4.78, 5) is 2.09. The lowest BCUT2D eigenvalue weighted by molar-refractivity contribution is 0.598. The van der Waals surface area contributed by atoms with Gasteiger partial charge in [-0.25, -0.2) is 0 Å². The number of nitrogens with two attached hydrogens (primary N) is 1. The van der Waals surface area contributed by atoms with Crippen LogP contribution in [-0.2, 0) is 10.0 Å². The van der Waals surface area contributed by atoms with Gasteiger partial charge in [-0.3, -0.25) is 0 Å². The van der Waals surface area contributed by atoms with E-state index in [2.05, 4.69) is 4.40 Å². The van der Waals surface area contributed by atoms with Gasteiger partial charge in [0.15, 0.2) is 0 Å². The molecule has 5 nitrogen and oxygen atoms in total. The lowest BCUT2D eigenvalue weighted by Crippen LogP contribution is -2.08. The molecule has 21 heavy (non-hydrogen) atoms. The SMILES string of the molecule is CN(C)c1ccc(/C=N/S(=O)(=O)c2ccc(N)cc2)cc1. The molecule has 2 rings (SSSR count). The summed E-state index contributed by atoms with van der Waals surface area (Å²) in [6.07, 6.45) is 1.34. The Kier molecular flexibility index (Phi) is 4.28. The van der Waals surface area contributed by atoms with E-state index < -0.39 is 10.0 Å². The zero-order valence-corrected chi connectivity index (χ0v) is 12.7. The first-order valence-electron chi connectivity index (χ1n) is 6.32. The Hall–Kier alpha value is -2.34. The minimum atomic E-state index is -3.70. The minimum absolute atomic E-state index is 0.123. The van der Waals surface area contributed by atoms with Crippen molar-refractivity contribution in [1.82, 2.24) is 0 Å². The standard InChI is InChI=1S/C15H17N3O2S/c1-18(2)14-7-3-12(4-8-14)11-17-21(19,20)15-9-5-13(16)6-10-15/h3-11H,16H2,1-2H3/b17-11+. The highest BCUT2D eigenvalue weighted by molar-refractivity contribution is 7.90. The van der Waals surface area contributed by atoms with E-state index in [4.69, 9.17) is 5.73 Å². The summed E-state index contributed by atoms with van der Waals surface area (Å²) in [6, 6.07) is 13.4. The second-order valence-electron chi connectivity index (χ2n) is 4.76. The monoisotopic (exact) mass is 303 g/mol. The Balaban J connectivity index is 2.21. The Bertz CT molecular complexity index is 733. The molecule has 2 N–H and O–H groups in total. The number of anilines is 2. The van der Waals surface area contributed by atoms with Crippen molar-refractivity contribution in [3.8, 4) is 0 Å². The lowest BCUT2D eigenvalue weighted by atomic mass is 10.2. The molecule has 0 aliphatic carbocycles. The molecule has 110 valence electrons. The van der Waals surface area contributed by atoms with Crippen molar-refractivity contribution in [3.05, 3.63) is 54.1 Å². The van der Waals surface area contributed by atoms with Gasteiger partial charge in [-0.15, -0.1) is 0 Å². The van der Waals surface area contributed by atoms with E-state index in [1.54, 1.807) is 0 Å². The first kappa shape index (κ1) is 15.1. The molecule has 0 saturated carbocycles. The Morgan fingerprint density at radius 3 is 2.10 bits per heavy atom. The van der Waals surface area contributed by atoms with Gasteiger partial charge in [0, 0.05) is 31.7 Å². The Morgan fingerprint density at radius 1 is 1.00 bits per heavy atom. The van der Waals surface area contributed by atoms with Crippen molar-refractivity contribution in [1.29, 1.82) is 0 Å². The maximum absolute atomic E-state index is 12.0. The molecule has 0 saturated heterocycles. The van der Waals surface area contributed by atoms with Crippen molar-refractivity contribution in [2.45, 2.75) is 4.90 Å². The minimum Gasteiger partial charge on any atom is -0.399 e. The van der Waals surface area contributed by atoms with E-state index in [1.807, 2.05) is 43.3 Å². The third kappa shape index (κ3) is 3.82. The molecule has 0 atom stereocenters. The van der Waals surface area contributed by atoms with Crippen LogP contribution in [0, 0.1) is 0 Å². The predicted molar refractivity (Wildman–Crippen MR) is 86.4 cm³/mol. The summed E-state index contributed by atoms with van der Waals surface area (Å²) in [5, 5.41) is 0. The molecule has 0 aromatic heterocycles. The summed E-state index contributed by atoms with van der Waals surface area (Å²) < 4.78 is 27.8. The van der Waals surface area contributed by atoms with E-state index in [9.17, 15) is 8.42 Å². The highest BCUT2D eigenvalue weighted by Crippen LogP contribution is 2.15. The predicted octanol–water partition coefficient (Wildman–Crippen LogP) is 2.14. The Morgan fingerprint density at radius 2 is 1.57 bits per heavy atom. The van der Waals surface area contributed by atoms with Gasteiger partial charge in [-0.2, -0.15) is 12.8 Å². The molecule has 6 heteroatoms. The fraction of sp³-hybridized carbons (Fsp3) is 0.133. The molecule has 0 spiro atoms. The number of rotatable bonds is 4. The van der Waals surface area contributed by atoms with E-state index in [0.717, 1.165) is 11.3 Å². The van der Waals surface area contributed by atoms with Crippen LogP contribution < -0.4 is 10.6 Å². The molecule has 0 aliphatic rings. The Labute approximate surface area is 124 Å². The van der Waals surface area contributed by atoms with Gasteiger partial charge in [0.2, 0.25) is 0 Å². The van der Waals surface area contributed by atoms with Gasteiger partial charge in [0.25, 0.3) is 10.0 Å². The van der Waals surface area contributed by atoms with E-state index in [-0.39, 0.29) is 4.90 Å². The number of hydrogen-bond donors (Lipinski definition) is 1. The summed E-state index contributed by atoms with van der Waals surface area (Å²) in [5.41, 5.74) is 7.81. The average molecular weight is 303 g/mol. The van der Waals surface area contributed by atoms with Gasteiger partial charge in [0.1, 0.15) is 0 Å². The van der Waals surface area contributed by atoms with Crippen LogP contribution in [0.5, 0.6) is 0 Å². The third-order valence-electron chi connectivity index (χ3n) is 2.93. The number of benzene rings is 2. The number of nitrogen functional groups attached to an aromatic ring is 1. The average Bonchev–Trinajstić information content (AvgIpc) is 2.46. The molecule has 2 aromatic carbocycles. The van der Waals surface area contributed by atoms with Crippen molar-refractivity contribution in [2.75, 3.05) is 24.7 Å². The zero-order valence-electron chi connectivity index (χ0n) is 11.9. The third-order valence-corrected chi connectivity index (χ3v) is 4.18. The maximum Gasteiger partial charge on any atom is 0.282 e. The van der Waals surface area contributed by atoms with Gasteiger partial charge >= 0.3 is 0 Å². The van der Waals surface area contributed by atoms with E-state index in [0.29, 0.717) is 5.69 Å². The van der Waals surface area contributed by atoms with E-state index >= 15 is 0 Å². The number of nitrogens with zero attached hydrogens (tertiary/aromatic N) is 2. The highest BCUT2D eigenvalue weighted by atomic mass is 32.2. The summed E-state index contributed by atoms with van der Waals surface area (Å²) in [7, 11) is 0.180. The summed E-state index contributed by atoms with van der Waals surface area (Å²) in [6.45, 7) is 0. The van der Waals surface area contributed by atoms with Crippen LogP contribution in [-0.4, -0.2) is 28.7 Å². The van der Waals surface area contributed by atoms with E-state index in [1.165, 1.54) is 30.5 Å². The second-order valence-corrected chi connectivity index (χ2v) is 6.40. The van der Waals surface area contributed by atoms with Gasteiger partial charge in [-0.1, -0.05) is 12.1 Å². The van der Waals surface area contributed by atoms with Crippen LogP contribution in [0.3, 0.4) is 0 Å². The quantitative estimate of drug-likeness (QED) is 0.693. The second kappa shape index (κ2) is 5.97. The van der Waals surface area contributed by atoms with Crippen LogP contribution >= 0.6 is 0 Å².